The molecule has 2 rings (SSSR count). The number of ether oxygens (including phenoxy) is 1. The highest BCUT2D eigenvalue weighted by Crippen LogP contribution is 2.20. The molecule has 0 bridgehead atoms. The summed E-state index contributed by atoms with van der Waals surface area (Å²) in [6.45, 7) is 7.37. The van der Waals surface area contributed by atoms with Crippen molar-refractivity contribution in [3.8, 4) is 0 Å². The monoisotopic (exact) mass is 237 g/mol. The Hall–Kier alpha value is -0.870. The molecule has 4 heteroatoms. The van der Waals surface area contributed by atoms with Gasteiger partial charge in [-0.05, 0) is 33.6 Å². The van der Waals surface area contributed by atoms with Gasteiger partial charge in [0.1, 0.15) is 0 Å². The van der Waals surface area contributed by atoms with Crippen molar-refractivity contribution in [3.05, 3.63) is 17.5 Å². The van der Waals surface area contributed by atoms with E-state index in [2.05, 4.69) is 37.4 Å². The molecule has 2 heterocycles. The first-order valence-corrected chi connectivity index (χ1v) is 6.45. The molecule has 0 saturated carbocycles. The van der Waals surface area contributed by atoms with Gasteiger partial charge in [-0.15, -0.1) is 0 Å². The normalized spacial score (nSPS) is 23.9. The van der Waals surface area contributed by atoms with Gasteiger partial charge < -0.3 is 10.1 Å². The van der Waals surface area contributed by atoms with Crippen LogP contribution in [0.25, 0.3) is 0 Å². The highest BCUT2D eigenvalue weighted by molar-refractivity contribution is 5.19. The number of nitrogens with one attached hydrogen (secondary N) is 1. The molecule has 96 valence electrons. The molecule has 0 spiro atoms. The van der Waals surface area contributed by atoms with E-state index in [0.717, 1.165) is 12.3 Å². The second-order valence-corrected chi connectivity index (χ2v) is 5.07. The molecule has 1 fully saturated rings. The molecule has 3 unspecified atom stereocenters. The van der Waals surface area contributed by atoms with Crippen LogP contribution >= 0.6 is 0 Å². The van der Waals surface area contributed by atoms with Crippen LogP contribution in [-0.2, 0) is 11.8 Å². The minimum Gasteiger partial charge on any atom is -0.377 e. The summed E-state index contributed by atoms with van der Waals surface area (Å²) in [5, 5.41) is 8.00. The van der Waals surface area contributed by atoms with E-state index in [1.165, 1.54) is 18.4 Å². The molecule has 0 aromatic carbocycles. The molecule has 1 aromatic rings. The largest absolute Gasteiger partial charge is 0.377 e. The molecular formula is C13H23N3O. The zero-order chi connectivity index (χ0) is 12.4. The molecule has 0 amide bonds. The van der Waals surface area contributed by atoms with Crippen molar-refractivity contribution in [2.45, 2.75) is 51.8 Å². The Balaban J connectivity index is 1.96. The summed E-state index contributed by atoms with van der Waals surface area (Å²) in [7, 11) is 1.97. The molecular weight excluding hydrogens is 214 g/mol. The molecule has 0 radical (unpaired) electrons. The minimum absolute atomic E-state index is 0.322. The molecule has 1 saturated heterocycles. The Morgan fingerprint density at radius 1 is 1.53 bits per heavy atom. The number of hydrogen-bond acceptors (Lipinski definition) is 3. The Morgan fingerprint density at radius 3 is 2.82 bits per heavy atom. The lowest BCUT2D eigenvalue weighted by molar-refractivity contribution is 0.0804. The summed E-state index contributed by atoms with van der Waals surface area (Å²) in [5.74, 6) is 0. The molecule has 3 atom stereocenters. The van der Waals surface area contributed by atoms with E-state index in [0.29, 0.717) is 18.2 Å². The smallest absolute Gasteiger partial charge is 0.0726 e. The third-order valence-corrected chi connectivity index (χ3v) is 3.55. The first-order valence-electron chi connectivity index (χ1n) is 6.45. The van der Waals surface area contributed by atoms with Gasteiger partial charge in [0.2, 0.25) is 0 Å². The van der Waals surface area contributed by atoms with Gasteiger partial charge in [0.05, 0.1) is 11.8 Å². The van der Waals surface area contributed by atoms with Crippen LogP contribution < -0.4 is 5.32 Å². The van der Waals surface area contributed by atoms with Crippen LogP contribution in [0.3, 0.4) is 0 Å². The summed E-state index contributed by atoms with van der Waals surface area (Å²) in [6.07, 6.45) is 4.83. The summed E-state index contributed by atoms with van der Waals surface area (Å²) in [4.78, 5) is 0. The summed E-state index contributed by atoms with van der Waals surface area (Å²) >= 11 is 0. The van der Waals surface area contributed by atoms with Crippen LogP contribution in [0, 0.1) is 6.92 Å². The molecule has 1 N–H and O–H groups in total. The fourth-order valence-corrected chi connectivity index (χ4v) is 2.63. The Morgan fingerprint density at radius 2 is 2.29 bits per heavy atom. The highest BCUT2D eigenvalue weighted by Gasteiger charge is 2.24. The lowest BCUT2D eigenvalue weighted by Crippen LogP contribution is -2.38. The zero-order valence-electron chi connectivity index (χ0n) is 11.2. The highest BCUT2D eigenvalue weighted by atomic mass is 16.5. The fraction of sp³-hybridized carbons (Fsp3) is 0.769. The van der Waals surface area contributed by atoms with E-state index in [1.54, 1.807) is 0 Å². The van der Waals surface area contributed by atoms with E-state index in [1.807, 2.05) is 11.7 Å². The number of hydrogen-bond donors (Lipinski definition) is 1. The third-order valence-electron chi connectivity index (χ3n) is 3.55. The van der Waals surface area contributed by atoms with Gasteiger partial charge in [-0.2, -0.15) is 5.10 Å². The Labute approximate surface area is 103 Å². The van der Waals surface area contributed by atoms with Gasteiger partial charge in [-0.25, -0.2) is 0 Å². The van der Waals surface area contributed by atoms with Crippen LogP contribution in [-0.4, -0.2) is 28.5 Å². The molecule has 0 aliphatic carbocycles. The number of aryl methyl sites for hydroxylation is 2. The van der Waals surface area contributed by atoms with Gasteiger partial charge >= 0.3 is 0 Å². The van der Waals surface area contributed by atoms with E-state index in [-0.39, 0.29) is 0 Å². The van der Waals surface area contributed by atoms with Gasteiger partial charge in [-0.3, -0.25) is 4.68 Å². The third kappa shape index (κ3) is 2.87. The molecule has 1 aliphatic heterocycles. The second-order valence-electron chi connectivity index (χ2n) is 5.07. The summed E-state index contributed by atoms with van der Waals surface area (Å²) in [5.41, 5.74) is 2.38. The lowest BCUT2D eigenvalue weighted by Gasteiger charge is -2.24. The van der Waals surface area contributed by atoms with E-state index < -0.39 is 0 Å². The standard InChI is InChI=1S/C13H23N3O/c1-9(12-8-16(4)15-10(12)2)14-11(3)13-6-5-7-17-13/h8-9,11,13-14H,5-7H2,1-4H3. The second kappa shape index (κ2) is 5.19. The quantitative estimate of drug-likeness (QED) is 0.870. The Bertz CT molecular complexity index is 369. The number of nitrogens with zero attached hydrogens (tertiary/aromatic N) is 2. The van der Waals surface area contributed by atoms with Crippen molar-refractivity contribution in [2.75, 3.05) is 6.61 Å². The summed E-state index contributed by atoms with van der Waals surface area (Å²) < 4.78 is 7.58. The fourth-order valence-electron chi connectivity index (χ4n) is 2.63. The first-order chi connectivity index (χ1) is 8.08. The van der Waals surface area contributed by atoms with Crippen LogP contribution in [0.15, 0.2) is 6.20 Å². The van der Waals surface area contributed by atoms with Crippen LogP contribution in [0.5, 0.6) is 0 Å². The summed E-state index contributed by atoms with van der Waals surface area (Å²) in [6, 6.07) is 0.718. The van der Waals surface area contributed by atoms with Gasteiger partial charge in [0.25, 0.3) is 0 Å². The topological polar surface area (TPSA) is 39.1 Å². The minimum atomic E-state index is 0.322. The Kier molecular flexibility index (Phi) is 3.84. The number of aromatic nitrogens is 2. The van der Waals surface area contributed by atoms with Crippen molar-refractivity contribution in [1.29, 1.82) is 0 Å². The van der Waals surface area contributed by atoms with Gasteiger partial charge in [-0.1, -0.05) is 0 Å². The maximum Gasteiger partial charge on any atom is 0.0726 e. The van der Waals surface area contributed by atoms with Crippen molar-refractivity contribution < 1.29 is 4.74 Å². The molecule has 17 heavy (non-hydrogen) atoms. The van der Waals surface area contributed by atoms with Crippen LogP contribution in [0.2, 0.25) is 0 Å². The van der Waals surface area contributed by atoms with E-state index >= 15 is 0 Å². The predicted molar refractivity (Wildman–Crippen MR) is 67.9 cm³/mol. The SMILES string of the molecule is Cc1nn(C)cc1C(C)NC(C)C1CCCO1. The molecule has 1 aromatic heterocycles. The van der Waals surface area contributed by atoms with Crippen LogP contribution in [0.1, 0.15) is 44.0 Å². The van der Waals surface area contributed by atoms with Crippen molar-refractivity contribution in [2.24, 2.45) is 7.05 Å². The lowest BCUT2D eigenvalue weighted by atomic mass is 10.1. The number of rotatable bonds is 4. The molecule has 1 aliphatic rings. The van der Waals surface area contributed by atoms with Gasteiger partial charge in [0.15, 0.2) is 0 Å². The van der Waals surface area contributed by atoms with Crippen molar-refractivity contribution in [1.82, 2.24) is 15.1 Å². The van der Waals surface area contributed by atoms with Gasteiger partial charge in [0, 0.05) is 37.5 Å². The van der Waals surface area contributed by atoms with Crippen molar-refractivity contribution in [3.63, 3.8) is 0 Å². The maximum atomic E-state index is 5.70. The average molecular weight is 237 g/mol. The average Bonchev–Trinajstić information content (AvgIpc) is 2.87. The van der Waals surface area contributed by atoms with Crippen molar-refractivity contribution >= 4 is 0 Å². The van der Waals surface area contributed by atoms with E-state index in [4.69, 9.17) is 4.74 Å². The predicted octanol–water partition coefficient (Wildman–Crippen LogP) is 1.95. The first kappa shape index (κ1) is 12.6. The molecule has 4 nitrogen and oxygen atoms in total. The maximum absolute atomic E-state index is 5.70. The zero-order valence-corrected chi connectivity index (χ0v) is 11.2. The van der Waals surface area contributed by atoms with Crippen LogP contribution in [0.4, 0.5) is 0 Å². The van der Waals surface area contributed by atoms with E-state index in [9.17, 15) is 0 Å².